The molecular formula is C10H10N2OS. The fraction of sp³-hybridized carbons (Fsp3) is 0.200. The average Bonchev–Trinajstić information content (AvgIpc) is 2.19. The molecule has 0 saturated carbocycles. The topological polar surface area (TPSA) is 52.9 Å². The fourth-order valence-corrected chi connectivity index (χ4v) is 1.16. The normalized spacial score (nSPS) is 9.14. The largest absolute Gasteiger partial charge is 0.326 e. The zero-order chi connectivity index (χ0) is 10.4. The SMILES string of the molecule is N#Cc1ccc(NC(=O)CCS)cc1. The van der Waals surface area contributed by atoms with E-state index in [0.29, 0.717) is 23.4 Å². The van der Waals surface area contributed by atoms with Crippen LogP contribution in [-0.2, 0) is 4.79 Å². The maximum atomic E-state index is 11.1. The molecule has 1 rings (SSSR count). The number of nitrogens with zero attached hydrogens (tertiary/aromatic N) is 1. The number of benzene rings is 1. The van der Waals surface area contributed by atoms with Crippen LogP contribution in [0.15, 0.2) is 24.3 Å². The molecule has 0 heterocycles. The molecule has 3 nitrogen and oxygen atoms in total. The van der Waals surface area contributed by atoms with Gasteiger partial charge in [0.2, 0.25) is 5.91 Å². The smallest absolute Gasteiger partial charge is 0.225 e. The highest BCUT2D eigenvalue weighted by atomic mass is 32.1. The number of amides is 1. The molecule has 0 saturated heterocycles. The summed E-state index contributed by atoms with van der Waals surface area (Å²) < 4.78 is 0. The monoisotopic (exact) mass is 206 g/mol. The Morgan fingerprint density at radius 3 is 2.57 bits per heavy atom. The van der Waals surface area contributed by atoms with Crippen molar-refractivity contribution in [2.75, 3.05) is 11.1 Å². The Hall–Kier alpha value is -1.47. The molecule has 0 aliphatic heterocycles. The molecule has 1 aromatic rings. The summed E-state index contributed by atoms with van der Waals surface area (Å²) in [5, 5.41) is 11.2. The predicted molar refractivity (Wildman–Crippen MR) is 58.3 cm³/mol. The van der Waals surface area contributed by atoms with E-state index in [2.05, 4.69) is 17.9 Å². The minimum Gasteiger partial charge on any atom is -0.326 e. The van der Waals surface area contributed by atoms with Crippen molar-refractivity contribution in [3.63, 3.8) is 0 Å². The van der Waals surface area contributed by atoms with Gasteiger partial charge in [-0.05, 0) is 30.0 Å². The fourth-order valence-electron chi connectivity index (χ4n) is 0.953. The van der Waals surface area contributed by atoms with Crippen LogP contribution in [0.3, 0.4) is 0 Å². The molecular weight excluding hydrogens is 196 g/mol. The quantitative estimate of drug-likeness (QED) is 0.741. The molecule has 14 heavy (non-hydrogen) atoms. The van der Waals surface area contributed by atoms with Gasteiger partial charge in [-0.1, -0.05) is 0 Å². The second kappa shape index (κ2) is 5.30. The van der Waals surface area contributed by atoms with Crippen molar-refractivity contribution in [2.24, 2.45) is 0 Å². The van der Waals surface area contributed by atoms with Crippen LogP contribution in [-0.4, -0.2) is 11.7 Å². The van der Waals surface area contributed by atoms with E-state index in [9.17, 15) is 4.79 Å². The molecule has 0 radical (unpaired) electrons. The summed E-state index contributed by atoms with van der Waals surface area (Å²) in [6, 6.07) is 8.74. The van der Waals surface area contributed by atoms with Gasteiger partial charge in [-0.3, -0.25) is 4.79 Å². The lowest BCUT2D eigenvalue weighted by atomic mass is 10.2. The second-order valence-corrected chi connectivity index (χ2v) is 3.16. The molecule has 4 heteroatoms. The molecule has 1 aromatic carbocycles. The molecule has 0 aromatic heterocycles. The van der Waals surface area contributed by atoms with Crippen LogP contribution in [0, 0.1) is 11.3 Å². The van der Waals surface area contributed by atoms with Gasteiger partial charge in [-0.15, -0.1) is 0 Å². The van der Waals surface area contributed by atoms with E-state index in [1.165, 1.54) is 0 Å². The van der Waals surface area contributed by atoms with E-state index >= 15 is 0 Å². The number of nitriles is 1. The first-order valence-electron chi connectivity index (χ1n) is 4.17. The van der Waals surface area contributed by atoms with Crippen molar-refractivity contribution < 1.29 is 4.79 Å². The highest BCUT2D eigenvalue weighted by molar-refractivity contribution is 7.80. The lowest BCUT2D eigenvalue weighted by Crippen LogP contribution is -2.11. The molecule has 0 aliphatic carbocycles. The minimum absolute atomic E-state index is 0.0651. The van der Waals surface area contributed by atoms with Crippen LogP contribution < -0.4 is 5.32 Å². The molecule has 0 spiro atoms. The molecule has 1 amide bonds. The van der Waals surface area contributed by atoms with Gasteiger partial charge in [-0.2, -0.15) is 17.9 Å². The van der Waals surface area contributed by atoms with Gasteiger partial charge in [0, 0.05) is 12.1 Å². The van der Waals surface area contributed by atoms with Gasteiger partial charge in [0.1, 0.15) is 0 Å². The van der Waals surface area contributed by atoms with Crippen molar-refractivity contribution in [3.05, 3.63) is 29.8 Å². The van der Waals surface area contributed by atoms with Crippen molar-refractivity contribution >= 4 is 24.2 Å². The average molecular weight is 206 g/mol. The lowest BCUT2D eigenvalue weighted by molar-refractivity contribution is -0.115. The summed E-state index contributed by atoms with van der Waals surface area (Å²) in [5.74, 6) is 0.465. The Kier molecular flexibility index (Phi) is 4.02. The first-order valence-corrected chi connectivity index (χ1v) is 4.80. The second-order valence-electron chi connectivity index (χ2n) is 2.71. The summed E-state index contributed by atoms with van der Waals surface area (Å²) in [7, 11) is 0. The van der Waals surface area contributed by atoms with Crippen molar-refractivity contribution in [1.82, 2.24) is 0 Å². The summed E-state index contributed by atoms with van der Waals surface area (Å²) in [6.45, 7) is 0. The lowest BCUT2D eigenvalue weighted by Gasteiger charge is -2.03. The number of carbonyl (C=O) groups is 1. The zero-order valence-corrected chi connectivity index (χ0v) is 8.42. The van der Waals surface area contributed by atoms with E-state index in [1.807, 2.05) is 6.07 Å². The first-order chi connectivity index (χ1) is 6.76. The molecule has 1 N–H and O–H groups in total. The number of hydrogen-bond donors (Lipinski definition) is 2. The Morgan fingerprint density at radius 1 is 1.43 bits per heavy atom. The Bertz CT molecular complexity index is 353. The highest BCUT2D eigenvalue weighted by Crippen LogP contribution is 2.08. The summed E-state index contributed by atoms with van der Waals surface area (Å²) in [5.41, 5.74) is 1.29. The van der Waals surface area contributed by atoms with Crippen LogP contribution in [0.25, 0.3) is 0 Å². The number of rotatable bonds is 3. The molecule has 0 fully saturated rings. The van der Waals surface area contributed by atoms with Gasteiger partial charge in [0.15, 0.2) is 0 Å². The van der Waals surface area contributed by atoms with Crippen LogP contribution in [0.5, 0.6) is 0 Å². The van der Waals surface area contributed by atoms with Crippen LogP contribution in [0.1, 0.15) is 12.0 Å². The molecule has 72 valence electrons. The van der Waals surface area contributed by atoms with Crippen molar-refractivity contribution in [2.45, 2.75) is 6.42 Å². The first kappa shape index (κ1) is 10.6. The molecule has 0 bridgehead atoms. The standard InChI is InChI=1S/C10H10N2OS/c11-7-8-1-3-9(4-2-8)12-10(13)5-6-14/h1-4,14H,5-6H2,(H,12,13). The van der Waals surface area contributed by atoms with Crippen molar-refractivity contribution in [3.8, 4) is 6.07 Å². The molecule has 0 aliphatic rings. The van der Waals surface area contributed by atoms with Gasteiger partial charge in [0.25, 0.3) is 0 Å². The summed E-state index contributed by atoms with van der Waals surface area (Å²) in [4.78, 5) is 11.1. The Labute approximate surface area is 88.2 Å². The third-order valence-electron chi connectivity index (χ3n) is 1.64. The minimum atomic E-state index is -0.0651. The maximum Gasteiger partial charge on any atom is 0.225 e. The number of carbonyl (C=O) groups excluding carboxylic acids is 1. The number of anilines is 1. The van der Waals surface area contributed by atoms with Gasteiger partial charge < -0.3 is 5.32 Å². The summed E-state index contributed by atoms with van der Waals surface area (Å²) in [6.07, 6.45) is 0.392. The third kappa shape index (κ3) is 3.11. The number of hydrogen-bond acceptors (Lipinski definition) is 3. The van der Waals surface area contributed by atoms with E-state index in [-0.39, 0.29) is 5.91 Å². The van der Waals surface area contributed by atoms with Crippen LogP contribution >= 0.6 is 12.6 Å². The van der Waals surface area contributed by atoms with Gasteiger partial charge in [-0.25, -0.2) is 0 Å². The highest BCUT2D eigenvalue weighted by Gasteiger charge is 2.00. The Balaban J connectivity index is 2.61. The van der Waals surface area contributed by atoms with Crippen molar-refractivity contribution in [1.29, 1.82) is 5.26 Å². The third-order valence-corrected chi connectivity index (χ3v) is 1.86. The maximum absolute atomic E-state index is 11.1. The summed E-state index contributed by atoms with van der Waals surface area (Å²) >= 11 is 3.95. The number of nitrogens with one attached hydrogen (secondary N) is 1. The molecule has 0 atom stereocenters. The Morgan fingerprint density at radius 2 is 2.07 bits per heavy atom. The molecule has 0 unspecified atom stereocenters. The van der Waals surface area contributed by atoms with E-state index < -0.39 is 0 Å². The predicted octanol–water partition coefficient (Wildman–Crippen LogP) is 1.82. The van der Waals surface area contributed by atoms with E-state index in [1.54, 1.807) is 24.3 Å². The van der Waals surface area contributed by atoms with E-state index in [0.717, 1.165) is 0 Å². The van der Waals surface area contributed by atoms with Gasteiger partial charge in [0.05, 0.1) is 11.6 Å². The zero-order valence-electron chi connectivity index (χ0n) is 7.53. The van der Waals surface area contributed by atoms with Gasteiger partial charge >= 0.3 is 0 Å². The number of thiol groups is 1. The van der Waals surface area contributed by atoms with E-state index in [4.69, 9.17) is 5.26 Å². The van der Waals surface area contributed by atoms with Crippen LogP contribution in [0.2, 0.25) is 0 Å². The van der Waals surface area contributed by atoms with Crippen LogP contribution in [0.4, 0.5) is 5.69 Å².